The minimum atomic E-state index is -5.06. The zero-order chi connectivity index (χ0) is 11.5. The van der Waals surface area contributed by atoms with Gasteiger partial charge in [-0.2, -0.15) is 17.6 Å². The topological polar surface area (TPSA) is 26.3 Å². The van der Waals surface area contributed by atoms with E-state index in [4.69, 9.17) is 0 Å². The lowest BCUT2D eigenvalue weighted by Gasteiger charge is -2.13. The molecule has 0 saturated heterocycles. The SMILES string of the molecule is O=[C]c1ccc(OC(F)C(F)(F)F)cc1. The second-order valence-corrected chi connectivity index (χ2v) is 2.60. The molecule has 0 aromatic heterocycles. The maximum Gasteiger partial charge on any atom is 0.457 e. The van der Waals surface area contributed by atoms with Crippen molar-refractivity contribution in [3.05, 3.63) is 29.8 Å². The molecule has 0 aliphatic heterocycles. The predicted octanol–water partition coefficient (Wildman–Crippen LogP) is 2.38. The maximum atomic E-state index is 12.4. The Labute approximate surface area is 82.5 Å². The molecule has 1 rings (SSSR count). The molecule has 2 nitrogen and oxygen atoms in total. The zero-order valence-electron chi connectivity index (χ0n) is 7.22. The van der Waals surface area contributed by atoms with Crippen LogP contribution in [0.2, 0.25) is 0 Å². The molecule has 0 spiro atoms. The quantitative estimate of drug-likeness (QED) is 0.732. The summed E-state index contributed by atoms with van der Waals surface area (Å²) in [7, 11) is 0. The van der Waals surface area contributed by atoms with Crippen molar-refractivity contribution in [2.45, 2.75) is 12.5 Å². The molecule has 0 heterocycles. The Morgan fingerprint density at radius 1 is 1.20 bits per heavy atom. The molecule has 0 bridgehead atoms. The van der Waals surface area contributed by atoms with Crippen molar-refractivity contribution in [1.82, 2.24) is 0 Å². The van der Waals surface area contributed by atoms with Crippen LogP contribution in [-0.4, -0.2) is 18.8 Å². The van der Waals surface area contributed by atoms with E-state index in [2.05, 4.69) is 4.74 Å². The Morgan fingerprint density at radius 3 is 2.13 bits per heavy atom. The van der Waals surface area contributed by atoms with Gasteiger partial charge in [-0.15, -0.1) is 0 Å². The van der Waals surface area contributed by atoms with Crippen LogP contribution in [0.3, 0.4) is 0 Å². The average Bonchev–Trinajstić information content (AvgIpc) is 2.17. The van der Waals surface area contributed by atoms with Crippen molar-refractivity contribution in [3.63, 3.8) is 0 Å². The summed E-state index contributed by atoms with van der Waals surface area (Å²) < 4.78 is 51.5. The van der Waals surface area contributed by atoms with Gasteiger partial charge in [0.05, 0.1) is 0 Å². The number of carbonyl (C=O) groups excluding carboxylic acids is 1. The van der Waals surface area contributed by atoms with Crippen LogP contribution in [0.15, 0.2) is 24.3 Å². The molecule has 15 heavy (non-hydrogen) atoms. The van der Waals surface area contributed by atoms with Crippen molar-refractivity contribution in [1.29, 1.82) is 0 Å². The van der Waals surface area contributed by atoms with Gasteiger partial charge in [-0.05, 0) is 24.3 Å². The van der Waals surface area contributed by atoms with E-state index in [0.29, 0.717) is 0 Å². The summed E-state index contributed by atoms with van der Waals surface area (Å²) in [4.78, 5) is 10.1. The van der Waals surface area contributed by atoms with Crippen molar-refractivity contribution in [2.24, 2.45) is 0 Å². The summed E-state index contributed by atoms with van der Waals surface area (Å²) in [6.45, 7) is 0. The molecule has 1 atom stereocenters. The Balaban J connectivity index is 2.69. The molecule has 0 amide bonds. The van der Waals surface area contributed by atoms with Gasteiger partial charge < -0.3 is 4.74 Å². The molecule has 6 heteroatoms. The second kappa shape index (κ2) is 4.29. The Kier molecular flexibility index (Phi) is 3.28. The normalized spacial score (nSPS) is 13.3. The fraction of sp³-hybridized carbons (Fsp3) is 0.222. The third kappa shape index (κ3) is 3.23. The van der Waals surface area contributed by atoms with Gasteiger partial charge >= 0.3 is 12.5 Å². The second-order valence-electron chi connectivity index (χ2n) is 2.60. The first-order valence-electron chi connectivity index (χ1n) is 3.79. The van der Waals surface area contributed by atoms with E-state index in [1.165, 1.54) is 18.4 Å². The van der Waals surface area contributed by atoms with Crippen molar-refractivity contribution >= 4 is 6.29 Å². The van der Waals surface area contributed by atoms with Crippen molar-refractivity contribution in [3.8, 4) is 5.75 Å². The highest BCUT2D eigenvalue weighted by atomic mass is 19.4. The smallest absolute Gasteiger partial charge is 0.452 e. The van der Waals surface area contributed by atoms with Gasteiger partial charge in [0.2, 0.25) is 6.29 Å². The number of hydrogen-bond acceptors (Lipinski definition) is 2. The minimum Gasteiger partial charge on any atom is -0.452 e. The molecule has 1 radical (unpaired) electrons. The van der Waals surface area contributed by atoms with E-state index >= 15 is 0 Å². The maximum absolute atomic E-state index is 12.4. The number of hydrogen-bond donors (Lipinski definition) is 0. The molecule has 0 N–H and O–H groups in total. The highest BCUT2D eigenvalue weighted by Crippen LogP contribution is 2.25. The first-order valence-corrected chi connectivity index (χ1v) is 3.79. The molecule has 0 saturated carbocycles. The molecule has 1 unspecified atom stereocenters. The van der Waals surface area contributed by atoms with Crippen LogP contribution < -0.4 is 4.74 Å². The van der Waals surface area contributed by atoms with Crippen LogP contribution in [0.5, 0.6) is 5.75 Å². The Morgan fingerprint density at radius 2 is 1.73 bits per heavy atom. The van der Waals surface area contributed by atoms with Crippen LogP contribution in [0.1, 0.15) is 5.56 Å². The summed E-state index contributed by atoms with van der Waals surface area (Å²) >= 11 is 0. The summed E-state index contributed by atoms with van der Waals surface area (Å²) in [5, 5.41) is 0. The fourth-order valence-corrected chi connectivity index (χ4v) is 0.788. The van der Waals surface area contributed by atoms with Crippen LogP contribution in [0.25, 0.3) is 0 Å². The van der Waals surface area contributed by atoms with E-state index in [-0.39, 0.29) is 11.3 Å². The van der Waals surface area contributed by atoms with Gasteiger partial charge in [-0.1, -0.05) is 0 Å². The molecule has 81 valence electrons. The highest BCUT2D eigenvalue weighted by molar-refractivity contribution is 5.75. The van der Waals surface area contributed by atoms with Gasteiger partial charge in [-0.3, -0.25) is 4.79 Å². The lowest BCUT2D eigenvalue weighted by molar-refractivity contribution is -0.236. The molecular formula is C9H5F4O2. The number of alkyl halides is 4. The van der Waals surface area contributed by atoms with Crippen LogP contribution in [0.4, 0.5) is 17.6 Å². The zero-order valence-corrected chi connectivity index (χ0v) is 7.22. The minimum absolute atomic E-state index is 0.143. The summed E-state index contributed by atoms with van der Waals surface area (Å²) in [6.07, 6.45) is -6.92. The molecule has 0 aliphatic rings. The average molecular weight is 221 g/mol. The largest absolute Gasteiger partial charge is 0.457 e. The van der Waals surface area contributed by atoms with Gasteiger partial charge in [0.25, 0.3) is 0 Å². The van der Waals surface area contributed by atoms with Crippen LogP contribution >= 0.6 is 0 Å². The lowest BCUT2D eigenvalue weighted by atomic mass is 10.2. The Hall–Kier alpha value is -1.59. The molecule has 0 aliphatic carbocycles. The van der Waals surface area contributed by atoms with Gasteiger partial charge in [0.15, 0.2) is 0 Å². The third-order valence-corrected chi connectivity index (χ3v) is 1.47. The highest BCUT2D eigenvalue weighted by Gasteiger charge is 2.42. The first-order chi connectivity index (χ1) is 6.93. The predicted molar refractivity (Wildman–Crippen MR) is 42.8 cm³/mol. The van der Waals surface area contributed by atoms with Crippen molar-refractivity contribution < 1.29 is 27.1 Å². The molecular weight excluding hydrogens is 216 g/mol. The summed E-state index contributed by atoms with van der Waals surface area (Å²) in [5.74, 6) is -0.307. The monoisotopic (exact) mass is 221 g/mol. The van der Waals surface area contributed by atoms with Gasteiger partial charge in [0.1, 0.15) is 5.75 Å². The van der Waals surface area contributed by atoms with E-state index in [0.717, 1.165) is 12.1 Å². The van der Waals surface area contributed by atoms with Crippen LogP contribution in [-0.2, 0) is 4.79 Å². The number of ether oxygens (including phenoxy) is 1. The molecule has 1 aromatic rings. The van der Waals surface area contributed by atoms with E-state index < -0.39 is 12.5 Å². The number of rotatable bonds is 3. The summed E-state index contributed by atoms with van der Waals surface area (Å²) in [5.41, 5.74) is 0.143. The van der Waals surface area contributed by atoms with Crippen molar-refractivity contribution in [2.75, 3.05) is 0 Å². The molecule has 0 fully saturated rings. The van der Waals surface area contributed by atoms with E-state index in [1.54, 1.807) is 0 Å². The van der Waals surface area contributed by atoms with Gasteiger partial charge in [-0.25, -0.2) is 0 Å². The molecule has 1 aromatic carbocycles. The lowest BCUT2D eigenvalue weighted by Crippen LogP contribution is -2.29. The van der Waals surface area contributed by atoms with E-state index in [1.807, 2.05) is 0 Å². The fourth-order valence-electron chi connectivity index (χ4n) is 0.788. The number of benzene rings is 1. The number of halogens is 4. The standard InChI is InChI=1S/C9H5F4O2/c10-8(9(11,12)13)15-7-3-1-6(5-14)2-4-7/h1-4,8H. The first kappa shape index (κ1) is 11.5. The third-order valence-electron chi connectivity index (χ3n) is 1.47. The van der Waals surface area contributed by atoms with Crippen LogP contribution in [0, 0.1) is 0 Å². The van der Waals surface area contributed by atoms with Gasteiger partial charge in [0, 0.05) is 5.56 Å². The summed E-state index contributed by atoms with van der Waals surface area (Å²) in [6, 6.07) is 4.45. The van der Waals surface area contributed by atoms with E-state index in [9.17, 15) is 22.4 Å². The Bertz CT molecular complexity index is 331.